The second kappa shape index (κ2) is 4.89. The third kappa shape index (κ3) is 2.21. The van der Waals surface area contributed by atoms with Gasteiger partial charge in [-0.15, -0.1) is 0 Å². The van der Waals surface area contributed by atoms with Crippen LogP contribution in [0.5, 0.6) is 0 Å². The van der Waals surface area contributed by atoms with Crippen molar-refractivity contribution in [1.29, 1.82) is 0 Å². The molecular formula is C12H8BrN5O2. The molecule has 0 unspecified atom stereocenters. The zero-order valence-corrected chi connectivity index (χ0v) is 11.5. The smallest absolute Gasteiger partial charge is 0.336 e. The summed E-state index contributed by atoms with van der Waals surface area (Å²) >= 11 is 3.20. The van der Waals surface area contributed by atoms with E-state index in [2.05, 4.69) is 41.2 Å². The number of H-pyrrole nitrogens is 1. The Kier molecular flexibility index (Phi) is 3.07. The Labute approximate surface area is 121 Å². The lowest BCUT2D eigenvalue weighted by molar-refractivity contribution is 0.0696. The van der Waals surface area contributed by atoms with E-state index in [4.69, 9.17) is 5.11 Å². The average molecular weight is 334 g/mol. The average Bonchev–Trinajstić information content (AvgIpc) is 2.90. The van der Waals surface area contributed by atoms with Crippen LogP contribution in [0.4, 0.5) is 11.5 Å². The van der Waals surface area contributed by atoms with Crippen molar-refractivity contribution in [2.24, 2.45) is 0 Å². The molecule has 0 spiro atoms. The minimum atomic E-state index is -1.00. The molecule has 0 aliphatic heterocycles. The maximum atomic E-state index is 11.1. The highest BCUT2D eigenvalue weighted by molar-refractivity contribution is 9.10. The molecule has 0 saturated heterocycles. The Balaban J connectivity index is 2.01. The molecular weight excluding hydrogens is 326 g/mol. The van der Waals surface area contributed by atoms with Gasteiger partial charge in [0.2, 0.25) is 0 Å². The number of benzene rings is 1. The quantitative estimate of drug-likeness (QED) is 0.680. The zero-order valence-electron chi connectivity index (χ0n) is 9.96. The van der Waals surface area contributed by atoms with Crippen molar-refractivity contribution in [3.05, 3.63) is 40.9 Å². The Morgan fingerprint density at radius 1 is 1.30 bits per heavy atom. The number of carboxylic acid groups (broad SMARTS) is 1. The molecule has 0 amide bonds. The molecule has 3 rings (SSSR count). The van der Waals surface area contributed by atoms with E-state index >= 15 is 0 Å². The molecule has 100 valence electrons. The number of carbonyl (C=O) groups is 1. The second-order valence-corrected chi connectivity index (χ2v) is 4.80. The highest BCUT2D eigenvalue weighted by Crippen LogP contribution is 2.25. The van der Waals surface area contributed by atoms with Crippen LogP contribution in [0.1, 0.15) is 10.4 Å². The Morgan fingerprint density at radius 2 is 2.15 bits per heavy atom. The van der Waals surface area contributed by atoms with Crippen LogP contribution in [-0.2, 0) is 0 Å². The first-order valence-corrected chi connectivity index (χ1v) is 6.38. The number of carboxylic acids is 1. The SMILES string of the molecule is O=C(O)c1cc(Nc2ncnc3nc[nH]c23)ccc1Br. The zero-order chi connectivity index (χ0) is 14.1. The fourth-order valence-electron chi connectivity index (χ4n) is 1.76. The van der Waals surface area contributed by atoms with Crippen molar-refractivity contribution in [2.45, 2.75) is 0 Å². The van der Waals surface area contributed by atoms with E-state index in [0.717, 1.165) is 0 Å². The first kappa shape index (κ1) is 12.5. The molecule has 20 heavy (non-hydrogen) atoms. The van der Waals surface area contributed by atoms with Gasteiger partial charge in [-0.25, -0.2) is 19.7 Å². The fourth-order valence-corrected chi connectivity index (χ4v) is 2.18. The fraction of sp³-hybridized carbons (Fsp3) is 0. The molecule has 0 saturated carbocycles. The molecule has 0 fully saturated rings. The van der Waals surface area contributed by atoms with Gasteiger partial charge in [0.25, 0.3) is 0 Å². The predicted octanol–water partition coefficient (Wildman–Crippen LogP) is 2.56. The number of nitrogens with zero attached hydrogens (tertiary/aromatic N) is 3. The summed E-state index contributed by atoms with van der Waals surface area (Å²) in [7, 11) is 0. The van der Waals surface area contributed by atoms with Crippen molar-refractivity contribution >= 4 is 44.6 Å². The minimum Gasteiger partial charge on any atom is -0.478 e. The van der Waals surface area contributed by atoms with Crippen LogP contribution in [0.15, 0.2) is 35.3 Å². The highest BCUT2D eigenvalue weighted by Gasteiger charge is 2.11. The lowest BCUT2D eigenvalue weighted by Gasteiger charge is -2.07. The molecule has 7 nitrogen and oxygen atoms in total. The highest BCUT2D eigenvalue weighted by atomic mass is 79.9. The third-order valence-corrected chi connectivity index (χ3v) is 3.37. The van der Waals surface area contributed by atoms with Gasteiger partial charge in [-0.3, -0.25) is 0 Å². The first-order valence-electron chi connectivity index (χ1n) is 5.59. The first-order chi connectivity index (χ1) is 9.65. The van der Waals surface area contributed by atoms with Crippen molar-refractivity contribution in [1.82, 2.24) is 19.9 Å². The minimum absolute atomic E-state index is 0.171. The van der Waals surface area contributed by atoms with Crippen LogP contribution in [0.25, 0.3) is 11.2 Å². The van der Waals surface area contributed by atoms with Gasteiger partial charge in [-0.1, -0.05) is 0 Å². The van der Waals surface area contributed by atoms with Crippen LogP contribution in [-0.4, -0.2) is 31.0 Å². The number of nitrogens with one attached hydrogen (secondary N) is 2. The number of fused-ring (bicyclic) bond motifs is 1. The molecule has 0 aliphatic carbocycles. The van der Waals surface area contributed by atoms with Crippen LogP contribution in [0.3, 0.4) is 0 Å². The number of imidazole rings is 1. The van der Waals surface area contributed by atoms with Gasteiger partial charge in [0, 0.05) is 10.2 Å². The number of hydrogen-bond acceptors (Lipinski definition) is 5. The van der Waals surface area contributed by atoms with Gasteiger partial charge < -0.3 is 15.4 Å². The second-order valence-electron chi connectivity index (χ2n) is 3.95. The molecule has 3 aromatic rings. The molecule has 8 heteroatoms. The Bertz CT molecular complexity index is 801. The Morgan fingerprint density at radius 3 is 2.95 bits per heavy atom. The van der Waals surface area contributed by atoms with E-state index in [1.54, 1.807) is 12.1 Å². The molecule has 3 N–H and O–H groups in total. The Hall–Kier alpha value is -2.48. The topological polar surface area (TPSA) is 104 Å². The van der Waals surface area contributed by atoms with Crippen molar-refractivity contribution in [3.63, 3.8) is 0 Å². The maximum absolute atomic E-state index is 11.1. The van der Waals surface area contributed by atoms with Gasteiger partial charge in [0.15, 0.2) is 11.5 Å². The van der Waals surface area contributed by atoms with Crippen LogP contribution >= 0.6 is 15.9 Å². The summed E-state index contributed by atoms with van der Waals surface area (Å²) in [5.41, 5.74) is 1.98. The summed E-state index contributed by atoms with van der Waals surface area (Å²) in [6.07, 6.45) is 2.91. The predicted molar refractivity (Wildman–Crippen MR) is 76.1 cm³/mol. The number of aromatic carboxylic acids is 1. The van der Waals surface area contributed by atoms with E-state index in [1.807, 2.05) is 0 Å². The van der Waals surface area contributed by atoms with Crippen molar-refractivity contribution in [2.75, 3.05) is 5.32 Å². The van der Waals surface area contributed by atoms with E-state index < -0.39 is 5.97 Å². The number of rotatable bonds is 3. The summed E-state index contributed by atoms with van der Waals surface area (Å²) in [4.78, 5) is 26.2. The molecule has 2 aromatic heterocycles. The molecule has 2 heterocycles. The number of aromatic amines is 1. The lowest BCUT2D eigenvalue weighted by Crippen LogP contribution is -2.01. The maximum Gasteiger partial charge on any atom is 0.336 e. The number of aromatic nitrogens is 4. The monoisotopic (exact) mass is 333 g/mol. The summed E-state index contributed by atoms with van der Waals surface area (Å²) in [5.74, 6) is -0.471. The molecule has 1 aromatic carbocycles. The van der Waals surface area contributed by atoms with Crippen LogP contribution < -0.4 is 5.32 Å². The number of halogens is 1. The third-order valence-electron chi connectivity index (χ3n) is 2.68. The van der Waals surface area contributed by atoms with Gasteiger partial charge in [0.1, 0.15) is 11.8 Å². The molecule has 0 bridgehead atoms. The number of hydrogen-bond donors (Lipinski definition) is 3. The van der Waals surface area contributed by atoms with E-state index in [9.17, 15) is 4.79 Å². The molecule has 0 atom stereocenters. The largest absolute Gasteiger partial charge is 0.478 e. The standard InChI is InChI=1S/C12H8BrN5O2/c13-8-2-1-6(3-7(8)12(19)20)18-11-9-10(15-4-14-9)16-5-17-11/h1-5H,(H,19,20)(H2,14,15,16,17,18). The van der Waals surface area contributed by atoms with Gasteiger partial charge in [-0.2, -0.15) is 0 Å². The summed E-state index contributed by atoms with van der Waals surface area (Å²) in [6, 6.07) is 4.94. The summed E-state index contributed by atoms with van der Waals surface area (Å²) in [5, 5.41) is 12.1. The number of anilines is 2. The van der Waals surface area contributed by atoms with E-state index in [-0.39, 0.29) is 5.56 Å². The van der Waals surface area contributed by atoms with Crippen LogP contribution in [0, 0.1) is 0 Å². The molecule has 0 aliphatic rings. The van der Waals surface area contributed by atoms with Crippen molar-refractivity contribution in [3.8, 4) is 0 Å². The summed E-state index contributed by atoms with van der Waals surface area (Å²) < 4.78 is 0.518. The van der Waals surface area contributed by atoms with Gasteiger partial charge >= 0.3 is 5.97 Å². The van der Waals surface area contributed by atoms with E-state index in [0.29, 0.717) is 27.1 Å². The molecule has 0 radical (unpaired) electrons. The van der Waals surface area contributed by atoms with Crippen molar-refractivity contribution < 1.29 is 9.90 Å². The summed E-state index contributed by atoms with van der Waals surface area (Å²) in [6.45, 7) is 0. The van der Waals surface area contributed by atoms with Gasteiger partial charge in [0.05, 0.1) is 11.9 Å². The lowest BCUT2D eigenvalue weighted by atomic mass is 10.2. The van der Waals surface area contributed by atoms with Crippen LogP contribution in [0.2, 0.25) is 0 Å². The normalized spacial score (nSPS) is 10.7. The van der Waals surface area contributed by atoms with E-state index in [1.165, 1.54) is 18.7 Å². The van der Waals surface area contributed by atoms with Gasteiger partial charge in [-0.05, 0) is 34.1 Å².